The number of carbonyl (C=O) groups excluding carboxylic acids is 1. The van der Waals surface area contributed by atoms with Gasteiger partial charge in [-0.15, -0.1) is 0 Å². The van der Waals surface area contributed by atoms with E-state index in [9.17, 15) is 9.59 Å². The highest BCUT2D eigenvalue weighted by Gasteiger charge is 2.57. The van der Waals surface area contributed by atoms with Crippen LogP contribution in [0.15, 0.2) is 40.0 Å². The molecular formula is C23H28BrN5O2. The maximum Gasteiger partial charge on any atom is 0.283 e. The van der Waals surface area contributed by atoms with Crippen LogP contribution in [0.2, 0.25) is 0 Å². The smallest absolute Gasteiger partial charge is 0.283 e. The Labute approximate surface area is 190 Å². The molecule has 164 valence electrons. The summed E-state index contributed by atoms with van der Waals surface area (Å²) in [4.78, 5) is 29.5. The largest absolute Gasteiger partial charge is 0.377 e. The summed E-state index contributed by atoms with van der Waals surface area (Å²) in [5.41, 5.74) is 1.57. The number of anilines is 1. The summed E-state index contributed by atoms with van der Waals surface area (Å²) in [5, 5.41) is 11.0. The lowest BCUT2D eigenvalue weighted by Gasteiger charge is -2.35. The molecule has 7 nitrogen and oxygen atoms in total. The number of nitrogens with zero attached hydrogens (tertiary/aromatic N) is 3. The standard InChI is InChI=1S/C23H28BrN5O2/c1-2-18(16-3-5-25-6-4-16)27-20(30)13-29-22(31)21(24)19(12-26-29)28-23-10-14-7-15(11-23)9-17(23)8-14/h3-6,12,14-15,17-18,28H,2,7-11,13H2,1H3,(H,27,30). The van der Waals surface area contributed by atoms with E-state index in [1.165, 1.54) is 36.8 Å². The molecule has 0 aromatic carbocycles. The minimum absolute atomic E-state index is 0.114. The van der Waals surface area contributed by atoms with Crippen LogP contribution < -0.4 is 16.2 Å². The zero-order valence-electron chi connectivity index (χ0n) is 17.7. The van der Waals surface area contributed by atoms with Gasteiger partial charge in [0.15, 0.2) is 0 Å². The highest BCUT2D eigenvalue weighted by atomic mass is 79.9. The Morgan fingerprint density at radius 1 is 1.26 bits per heavy atom. The van der Waals surface area contributed by atoms with Crippen LogP contribution in [0.4, 0.5) is 5.69 Å². The highest BCUT2D eigenvalue weighted by Crippen LogP contribution is 2.61. The van der Waals surface area contributed by atoms with Crippen molar-refractivity contribution >= 4 is 27.5 Å². The summed E-state index contributed by atoms with van der Waals surface area (Å²) in [6.07, 6.45) is 12.2. The molecule has 4 aliphatic carbocycles. The zero-order valence-corrected chi connectivity index (χ0v) is 19.3. The Bertz CT molecular complexity index is 1030. The van der Waals surface area contributed by atoms with Crippen LogP contribution in [-0.2, 0) is 11.3 Å². The Hall–Kier alpha value is -2.22. The lowest BCUT2D eigenvalue weighted by molar-refractivity contribution is -0.122. The van der Waals surface area contributed by atoms with Crippen molar-refractivity contribution in [2.75, 3.05) is 5.32 Å². The van der Waals surface area contributed by atoms with Crippen molar-refractivity contribution in [2.45, 2.75) is 63.6 Å². The van der Waals surface area contributed by atoms with Gasteiger partial charge in [-0.3, -0.25) is 14.6 Å². The number of amides is 1. The van der Waals surface area contributed by atoms with Gasteiger partial charge in [-0.1, -0.05) is 6.92 Å². The summed E-state index contributed by atoms with van der Waals surface area (Å²) < 4.78 is 1.68. The molecule has 4 aliphatic rings. The molecule has 3 atom stereocenters. The van der Waals surface area contributed by atoms with Crippen molar-refractivity contribution in [3.63, 3.8) is 0 Å². The number of halogens is 1. The van der Waals surface area contributed by atoms with Gasteiger partial charge in [0.25, 0.3) is 5.56 Å². The van der Waals surface area contributed by atoms with Gasteiger partial charge in [0.2, 0.25) is 5.91 Å². The first kappa shape index (κ1) is 20.7. The molecule has 2 N–H and O–H groups in total. The fourth-order valence-corrected chi connectivity index (χ4v) is 6.73. The van der Waals surface area contributed by atoms with Gasteiger partial charge in [0.1, 0.15) is 11.0 Å². The lowest BCUT2D eigenvalue weighted by atomic mass is 9.80. The van der Waals surface area contributed by atoms with Crippen LogP contribution in [0.25, 0.3) is 0 Å². The molecule has 0 aliphatic heterocycles. The molecule has 2 aromatic heterocycles. The molecule has 4 fully saturated rings. The minimum Gasteiger partial charge on any atom is -0.377 e. The molecule has 6 rings (SSSR count). The van der Waals surface area contributed by atoms with E-state index in [0.717, 1.165) is 29.5 Å². The monoisotopic (exact) mass is 485 g/mol. The summed E-state index contributed by atoms with van der Waals surface area (Å²) in [6.45, 7) is 1.90. The Kier molecular flexibility index (Phi) is 5.36. The molecule has 0 spiro atoms. The number of aromatic nitrogens is 3. The first-order chi connectivity index (χ1) is 15.0. The second-order valence-electron chi connectivity index (χ2n) is 9.47. The first-order valence-corrected chi connectivity index (χ1v) is 12.0. The molecule has 4 bridgehead atoms. The van der Waals surface area contributed by atoms with E-state index < -0.39 is 0 Å². The van der Waals surface area contributed by atoms with Crippen LogP contribution in [0.3, 0.4) is 0 Å². The topological polar surface area (TPSA) is 88.9 Å². The molecule has 0 radical (unpaired) electrons. The van der Waals surface area contributed by atoms with Crippen molar-refractivity contribution in [1.82, 2.24) is 20.1 Å². The number of hydrogen-bond acceptors (Lipinski definition) is 5. The van der Waals surface area contributed by atoms with Crippen LogP contribution in [0.1, 0.15) is 57.1 Å². The maximum atomic E-state index is 12.9. The first-order valence-electron chi connectivity index (χ1n) is 11.2. The summed E-state index contributed by atoms with van der Waals surface area (Å²) >= 11 is 3.48. The molecule has 8 heteroatoms. The maximum absolute atomic E-state index is 12.9. The summed E-state index contributed by atoms with van der Waals surface area (Å²) in [7, 11) is 0. The van der Waals surface area contributed by atoms with Crippen molar-refractivity contribution in [2.24, 2.45) is 17.8 Å². The third-order valence-corrected chi connectivity index (χ3v) is 8.27. The average molecular weight is 486 g/mol. The van der Waals surface area contributed by atoms with E-state index in [1.807, 2.05) is 19.1 Å². The molecule has 0 saturated heterocycles. The van der Waals surface area contributed by atoms with Crippen molar-refractivity contribution in [3.05, 3.63) is 51.1 Å². The van der Waals surface area contributed by atoms with Crippen molar-refractivity contribution < 1.29 is 4.79 Å². The van der Waals surface area contributed by atoms with Gasteiger partial charge < -0.3 is 10.6 Å². The summed E-state index contributed by atoms with van der Waals surface area (Å²) in [5.74, 6) is 2.12. The quantitative estimate of drug-likeness (QED) is 0.624. The SMILES string of the molecule is CCC(NC(=O)Cn1ncc(NC23CC4CC(CC2C4)C3)c(Br)c1=O)c1ccncc1. The average Bonchev–Trinajstić information content (AvgIpc) is 3.15. The van der Waals surface area contributed by atoms with Crippen LogP contribution >= 0.6 is 15.9 Å². The van der Waals surface area contributed by atoms with E-state index in [2.05, 4.69) is 36.6 Å². The highest BCUT2D eigenvalue weighted by molar-refractivity contribution is 9.10. The van der Waals surface area contributed by atoms with Crippen molar-refractivity contribution in [3.8, 4) is 0 Å². The third kappa shape index (κ3) is 3.79. The predicted octanol–water partition coefficient (Wildman–Crippen LogP) is 3.66. The van der Waals surface area contributed by atoms with E-state index in [-0.39, 0.29) is 29.6 Å². The van der Waals surface area contributed by atoms with Gasteiger partial charge in [-0.25, -0.2) is 4.68 Å². The number of pyridine rings is 1. The zero-order chi connectivity index (χ0) is 21.6. The number of nitrogens with one attached hydrogen (secondary N) is 2. The van der Waals surface area contributed by atoms with Crippen LogP contribution in [-0.4, -0.2) is 26.2 Å². The van der Waals surface area contributed by atoms with E-state index in [0.29, 0.717) is 10.4 Å². The second kappa shape index (κ2) is 8.04. The molecular weight excluding hydrogens is 458 g/mol. The minimum atomic E-state index is -0.286. The van der Waals surface area contributed by atoms with Crippen LogP contribution in [0, 0.1) is 17.8 Å². The normalized spacial score (nSPS) is 29.2. The van der Waals surface area contributed by atoms with Gasteiger partial charge in [-0.05, 0) is 89.9 Å². The van der Waals surface area contributed by atoms with Gasteiger partial charge in [0, 0.05) is 17.9 Å². The molecule has 2 heterocycles. The van der Waals surface area contributed by atoms with Crippen molar-refractivity contribution in [1.29, 1.82) is 0 Å². The van der Waals surface area contributed by atoms with E-state index >= 15 is 0 Å². The molecule has 1 amide bonds. The fourth-order valence-electron chi connectivity index (χ4n) is 6.33. The fraction of sp³-hybridized carbons (Fsp3) is 0.565. The van der Waals surface area contributed by atoms with E-state index in [1.54, 1.807) is 18.6 Å². The number of hydrogen-bond donors (Lipinski definition) is 2. The summed E-state index contributed by atoms with van der Waals surface area (Å²) in [6, 6.07) is 3.65. The molecule has 3 unspecified atom stereocenters. The lowest BCUT2D eigenvalue weighted by Crippen LogP contribution is -2.41. The van der Waals surface area contributed by atoms with E-state index in [4.69, 9.17) is 0 Å². The van der Waals surface area contributed by atoms with Gasteiger partial charge >= 0.3 is 0 Å². The number of carbonyl (C=O) groups is 1. The van der Waals surface area contributed by atoms with Gasteiger partial charge in [0.05, 0.1) is 17.9 Å². The third-order valence-electron chi connectivity index (χ3n) is 7.50. The van der Waals surface area contributed by atoms with Gasteiger partial charge in [-0.2, -0.15) is 5.10 Å². The molecule has 31 heavy (non-hydrogen) atoms. The molecule has 2 aromatic rings. The van der Waals surface area contributed by atoms with Crippen LogP contribution in [0.5, 0.6) is 0 Å². The molecule has 4 saturated carbocycles. The predicted molar refractivity (Wildman–Crippen MR) is 122 cm³/mol. The second-order valence-corrected chi connectivity index (χ2v) is 10.3. The Balaban J connectivity index is 1.28. The Morgan fingerprint density at radius 2 is 1.97 bits per heavy atom. The number of rotatable bonds is 7. The Morgan fingerprint density at radius 3 is 2.65 bits per heavy atom.